The van der Waals surface area contributed by atoms with Gasteiger partial charge in [0, 0.05) is 12.1 Å². The van der Waals surface area contributed by atoms with E-state index in [1.165, 1.54) is 10.4 Å². The average molecular weight is 447 g/mol. The Balaban J connectivity index is 1.88. The number of nitrogens with zero attached hydrogens (tertiary/aromatic N) is 2. The van der Waals surface area contributed by atoms with Gasteiger partial charge in [0.25, 0.3) is 10.0 Å². The molecule has 1 fully saturated rings. The Hall–Kier alpha value is -2.54. The van der Waals surface area contributed by atoms with Crippen LogP contribution in [0.15, 0.2) is 64.8 Å². The van der Waals surface area contributed by atoms with Crippen molar-refractivity contribution in [2.24, 2.45) is 4.99 Å². The minimum absolute atomic E-state index is 0.132. The predicted octanol–water partition coefficient (Wildman–Crippen LogP) is 5.94. The maximum Gasteiger partial charge on any atom is 0.265 e. The van der Waals surface area contributed by atoms with Gasteiger partial charge in [-0.25, -0.2) is 26.5 Å². The fraction of sp³-hybridized carbons (Fsp3) is 0.375. The van der Waals surface area contributed by atoms with Gasteiger partial charge in [-0.1, -0.05) is 50.1 Å². The molecule has 0 saturated heterocycles. The van der Waals surface area contributed by atoms with E-state index in [4.69, 9.17) is 0 Å². The second-order valence-electron chi connectivity index (χ2n) is 7.92. The highest BCUT2D eigenvalue weighted by Crippen LogP contribution is 2.48. The van der Waals surface area contributed by atoms with Crippen LogP contribution in [0.3, 0.4) is 0 Å². The molecule has 1 aliphatic rings. The lowest BCUT2D eigenvalue weighted by Crippen LogP contribution is -2.32. The number of rotatable bonds is 10. The third-order valence-electron chi connectivity index (χ3n) is 5.44. The van der Waals surface area contributed by atoms with Crippen LogP contribution >= 0.6 is 0 Å². The van der Waals surface area contributed by atoms with Crippen LogP contribution in [-0.4, -0.2) is 25.0 Å². The number of benzene rings is 2. The van der Waals surface area contributed by atoms with E-state index in [-0.39, 0.29) is 16.6 Å². The van der Waals surface area contributed by atoms with Crippen molar-refractivity contribution in [1.29, 1.82) is 0 Å². The van der Waals surface area contributed by atoms with Crippen molar-refractivity contribution in [2.75, 3.05) is 0 Å². The van der Waals surface area contributed by atoms with Gasteiger partial charge in [-0.2, -0.15) is 0 Å². The van der Waals surface area contributed by atoms with E-state index < -0.39 is 27.7 Å². The predicted molar refractivity (Wildman–Crippen MR) is 119 cm³/mol. The van der Waals surface area contributed by atoms with Crippen LogP contribution in [0.4, 0.5) is 8.78 Å². The van der Waals surface area contributed by atoms with Gasteiger partial charge >= 0.3 is 0 Å². The molecule has 3 rings (SSSR count). The van der Waals surface area contributed by atoms with Crippen molar-refractivity contribution >= 4 is 16.2 Å². The van der Waals surface area contributed by atoms with Gasteiger partial charge in [0.2, 0.25) is 0 Å². The van der Waals surface area contributed by atoms with Crippen LogP contribution in [-0.2, 0) is 10.0 Å². The SMILES string of the molecule is C=C(N=CCCCCC)N(C1CC1c1ccc(F)c(F)c1)S(=O)(=O)c1ccc(C)cc1. The number of aliphatic imine (C=N–C) groups is 1. The zero-order chi connectivity index (χ0) is 22.6. The molecule has 0 aromatic heterocycles. The highest BCUT2D eigenvalue weighted by molar-refractivity contribution is 7.89. The second-order valence-corrected chi connectivity index (χ2v) is 9.74. The molecule has 1 aliphatic carbocycles. The molecule has 0 spiro atoms. The van der Waals surface area contributed by atoms with Crippen LogP contribution < -0.4 is 0 Å². The summed E-state index contributed by atoms with van der Waals surface area (Å²) in [7, 11) is -3.91. The van der Waals surface area contributed by atoms with Crippen molar-refractivity contribution in [3.05, 3.63) is 77.6 Å². The minimum atomic E-state index is -3.91. The Kier molecular flexibility index (Phi) is 7.26. The Labute approximate surface area is 183 Å². The summed E-state index contributed by atoms with van der Waals surface area (Å²) in [5.41, 5.74) is 1.51. The summed E-state index contributed by atoms with van der Waals surface area (Å²) in [5.74, 6) is -1.98. The van der Waals surface area contributed by atoms with Crippen LogP contribution in [0.5, 0.6) is 0 Å². The lowest BCUT2D eigenvalue weighted by Gasteiger charge is -2.24. The molecule has 0 amide bonds. The Morgan fingerprint density at radius 3 is 2.52 bits per heavy atom. The summed E-state index contributed by atoms with van der Waals surface area (Å²) in [4.78, 5) is 4.47. The number of hydrogen-bond acceptors (Lipinski definition) is 3. The van der Waals surface area contributed by atoms with Gasteiger partial charge in [0.15, 0.2) is 11.6 Å². The third-order valence-corrected chi connectivity index (χ3v) is 7.31. The number of halogens is 2. The first-order chi connectivity index (χ1) is 14.8. The van der Waals surface area contributed by atoms with E-state index >= 15 is 0 Å². The molecule has 166 valence electrons. The maximum atomic E-state index is 13.7. The molecule has 2 atom stereocenters. The summed E-state index contributed by atoms with van der Waals surface area (Å²) in [6.45, 7) is 7.91. The highest BCUT2D eigenvalue weighted by Gasteiger charge is 2.48. The molecule has 31 heavy (non-hydrogen) atoms. The first-order valence-electron chi connectivity index (χ1n) is 10.5. The van der Waals surface area contributed by atoms with Crippen molar-refractivity contribution in [3.8, 4) is 0 Å². The lowest BCUT2D eigenvalue weighted by molar-refractivity contribution is 0.461. The minimum Gasteiger partial charge on any atom is -0.247 e. The molecule has 0 radical (unpaired) electrons. The largest absolute Gasteiger partial charge is 0.265 e. The molecular weight excluding hydrogens is 418 g/mol. The van der Waals surface area contributed by atoms with Crippen molar-refractivity contribution in [1.82, 2.24) is 4.31 Å². The van der Waals surface area contributed by atoms with Crippen LogP contribution in [0, 0.1) is 18.6 Å². The fourth-order valence-electron chi connectivity index (χ4n) is 3.59. The van der Waals surface area contributed by atoms with Gasteiger partial charge in [-0.15, -0.1) is 0 Å². The number of aryl methyl sites for hydroxylation is 1. The van der Waals surface area contributed by atoms with E-state index in [0.717, 1.165) is 43.4 Å². The molecule has 0 N–H and O–H groups in total. The normalized spacial score (nSPS) is 18.3. The van der Waals surface area contributed by atoms with E-state index in [1.54, 1.807) is 30.5 Å². The molecule has 0 bridgehead atoms. The molecule has 2 aromatic carbocycles. The van der Waals surface area contributed by atoms with E-state index in [1.807, 2.05) is 6.92 Å². The van der Waals surface area contributed by atoms with E-state index in [2.05, 4.69) is 18.5 Å². The van der Waals surface area contributed by atoms with Crippen molar-refractivity contribution in [3.63, 3.8) is 0 Å². The molecule has 7 heteroatoms. The average Bonchev–Trinajstić information content (AvgIpc) is 3.50. The molecule has 0 heterocycles. The number of sulfonamides is 1. The third kappa shape index (κ3) is 5.39. The zero-order valence-corrected chi connectivity index (χ0v) is 18.7. The molecule has 2 unspecified atom stereocenters. The first kappa shape index (κ1) is 23.1. The first-order valence-corrected chi connectivity index (χ1v) is 12.0. The molecule has 0 aliphatic heterocycles. The van der Waals surface area contributed by atoms with Crippen LogP contribution in [0.25, 0.3) is 0 Å². The van der Waals surface area contributed by atoms with Gasteiger partial charge in [-0.3, -0.25) is 0 Å². The maximum absolute atomic E-state index is 13.7. The summed E-state index contributed by atoms with van der Waals surface area (Å²) < 4.78 is 55.2. The number of hydrogen-bond donors (Lipinski definition) is 0. The fourth-order valence-corrected chi connectivity index (χ4v) is 5.21. The zero-order valence-electron chi connectivity index (χ0n) is 17.9. The lowest BCUT2D eigenvalue weighted by atomic mass is 10.1. The van der Waals surface area contributed by atoms with Crippen molar-refractivity contribution in [2.45, 2.75) is 62.8 Å². The Morgan fingerprint density at radius 2 is 1.87 bits per heavy atom. The molecule has 2 aromatic rings. The summed E-state index contributed by atoms with van der Waals surface area (Å²) in [5, 5.41) is 0. The van der Waals surface area contributed by atoms with Crippen molar-refractivity contribution < 1.29 is 17.2 Å². The molecular formula is C24H28F2N2O2S. The summed E-state index contributed by atoms with van der Waals surface area (Å²) in [6.07, 6.45) is 6.05. The highest BCUT2D eigenvalue weighted by atomic mass is 32.2. The van der Waals surface area contributed by atoms with Gasteiger partial charge in [0.05, 0.1) is 10.9 Å². The quantitative estimate of drug-likeness (QED) is 0.335. The Morgan fingerprint density at radius 1 is 1.16 bits per heavy atom. The van der Waals surface area contributed by atoms with Gasteiger partial charge in [0.1, 0.15) is 5.82 Å². The second kappa shape index (κ2) is 9.73. The monoisotopic (exact) mass is 446 g/mol. The van der Waals surface area contributed by atoms with E-state index in [9.17, 15) is 17.2 Å². The van der Waals surface area contributed by atoms with Crippen LogP contribution in [0.1, 0.15) is 56.1 Å². The Bertz CT molecular complexity index is 1070. The summed E-state index contributed by atoms with van der Waals surface area (Å²) >= 11 is 0. The molecule has 1 saturated carbocycles. The number of unbranched alkanes of at least 4 members (excludes halogenated alkanes) is 3. The van der Waals surface area contributed by atoms with Gasteiger partial charge < -0.3 is 0 Å². The standard InChI is InChI=1S/C24H28F2N2O2S/c1-4-5-6-7-14-27-18(3)28(31(29,30)20-11-8-17(2)9-12-20)24-16-21(24)19-10-13-22(25)23(26)15-19/h8-15,21,24H,3-7,16H2,1-2H3. The molecule has 4 nitrogen and oxygen atoms in total. The van der Waals surface area contributed by atoms with Gasteiger partial charge in [-0.05, 0) is 56.0 Å². The summed E-state index contributed by atoms with van der Waals surface area (Å²) in [6, 6.07) is 9.85. The topological polar surface area (TPSA) is 49.7 Å². The van der Waals surface area contributed by atoms with Crippen LogP contribution in [0.2, 0.25) is 0 Å². The van der Waals surface area contributed by atoms with E-state index in [0.29, 0.717) is 12.0 Å². The smallest absolute Gasteiger partial charge is 0.247 e.